The average molecular weight is 299 g/mol. The standard InChI is InChI=1S/C18H25N3O/c1-17(2,3)14-12-13(16(22)20-18(4,5)6)8-9-15(14)21-11-7-10-19-21/h7-12H,1-6H3,(H,20,22). The molecule has 0 fully saturated rings. The van der Waals surface area contributed by atoms with E-state index in [2.05, 4.69) is 31.2 Å². The summed E-state index contributed by atoms with van der Waals surface area (Å²) in [6, 6.07) is 7.68. The molecule has 0 radical (unpaired) electrons. The van der Waals surface area contributed by atoms with Gasteiger partial charge in [0.2, 0.25) is 0 Å². The molecule has 2 rings (SSSR count). The molecule has 2 aromatic rings. The molecule has 4 nitrogen and oxygen atoms in total. The fourth-order valence-electron chi connectivity index (χ4n) is 2.30. The van der Waals surface area contributed by atoms with E-state index >= 15 is 0 Å². The Labute approximate surface area is 132 Å². The van der Waals surface area contributed by atoms with Crippen molar-refractivity contribution < 1.29 is 4.79 Å². The second-order valence-corrected chi connectivity index (χ2v) is 7.64. The second-order valence-electron chi connectivity index (χ2n) is 7.64. The van der Waals surface area contributed by atoms with Gasteiger partial charge in [-0.25, -0.2) is 4.68 Å². The zero-order valence-corrected chi connectivity index (χ0v) is 14.3. The van der Waals surface area contributed by atoms with Crippen molar-refractivity contribution in [2.75, 3.05) is 0 Å². The molecule has 0 atom stereocenters. The van der Waals surface area contributed by atoms with Gasteiger partial charge in [-0.05, 0) is 56.0 Å². The molecule has 4 heteroatoms. The van der Waals surface area contributed by atoms with Crippen LogP contribution < -0.4 is 5.32 Å². The van der Waals surface area contributed by atoms with E-state index in [0.717, 1.165) is 11.3 Å². The first kappa shape index (κ1) is 16.3. The van der Waals surface area contributed by atoms with Crippen LogP contribution in [-0.4, -0.2) is 21.2 Å². The second kappa shape index (κ2) is 5.59. The number of rotatable bonds is 2. The molecule has 0 spiro atoms. The maximum Gasteiger partial charge on any atom is 0.251 e. The minimum atomic E-state index is -0.250. The molecule has 1 heterocycles. The van der Waals surface area contributed by atoms with Crippen molar-refractivity contribution in [3.05, 3.63) is 47.8 Å². The summed E-state index contributed by atoms with van der Waals surface area (Å²) in [6.45, 7) is 12.4. The van der Waals surface area contributed by atoms with Crippen molar-refractivity contribution in [1.29, 1.82) is 0 Å². The summed E-state index contributed by atoms with van der Waals surface area (Å²) in [5.74, 6) is -0.0509. The minimum Gasteiger partial charge on any atom is -0.347 e. The smallest absolute Gasteiger partial charge is 0.251 e. The van der Waals surface area contributed by atoms with Crippen LogP contribution >= 0.6 is 0 Å². The van der Waals surface area contributed by atoms with Crippen molar-refractivity contribution >= 4 is 5.91 Å². The van der Waals surface area contributed by atoms with Gasteiger partial charge in [-0.2, -0.15) is 5.10 Å². The quantitative estimate of drug-likeness (QED) is 0.919. The van der Waals surface area contributed by atoms with Crippen LogP contribution in [0.3, 0.4) is 0 Å². The number of nitrogens with zero attached hydrogens (tertiary/aromatic N) is 2. The van der Waals surface area contributed by atoms with Crippen molar-refractivity contribution in [2.24, 2.45) is 0 Å². The molecule has 0 bridgehead atoms. The monoisotopic (exact) mass is 299 g/mol. The molecule has 1 aromatic carbocycles. The fraction of sp³-hybridized carbons (Fsp3) is 0.444. The van der Waals surface area contributed by atoms with Gasteiger partial charge in [0.25, 0.3) is 5.91 Å². The highest BCUT2D eigenvalue weighted by Gasteiger charge is 2.22. The van der Waals surface area contributed by atoms with Crippen molar-refractivity contribution in [3.63, 3.8) is 0 Å². The number of amides is 1. The SMILES string of the molecule is CC(C)(C)NC(=O)c1ccc(-n2cccn2)c(C(C)(C)C)c1. The number of hydrogen-bond donors (Lipinski definition) is 1. The van der Waals surface area contributed by atoms with E-state index in [9.17, 15) is 4.79 Å². The topological polar surface area (TPSA) is 46.9 Å². The third-order valence-corrected chi connectivity index (χ3v) is 3.31. The van der Waals surface area contributed by atoms with Gasteiger partial charge in [-0.15, -0.1) is 0 Å². The van der Waals surface area contributed by atoms with Gasteiger partial charge >= 0.3 is 0 Å². The summed E-state index contributed by atoms with van der Waals surface area (Å²) in [5, 5.41) is 7.32. The summed E-state index contributed by atoms with van der Waals surface area (Å²) in [4.78, 5) is 12.4. The third kappa shape index (κ3) is 3.75. The Bertz CT molecular complexity index is 659. The number of nitrogens with one attached hydrogen (secondary N) is 1. The Kier molecular flexibility index (Phi) is 4.14. The molecule has 0 aliphatic heterocycles. The lowest BCUT2D eigenvalue weighted by molar-refractivity contribution is 0.0919. The van der Waals surface area contributed by atoms with Crippen LogP contribution in [0.25, 0.3) is 5.69 Å². The molecule has 118 valence electrons. The number of hydrogen-bond acceptors (Lipinski definition) is 2. The highest BCUT2D eigenvalue weighted by Crippen LogP contribution is 2.29. The number of benzene rings is 1. The van der Waals surface area contributed by atoms with E-state index in [4.69, 9.17) is 0 Å². The first-order valence-corrected chi connectivity index (χ1v) is 7.55. The summed E-state index contributed by atoms with van der Waals surface area (Å²) in [5.41, 5.74) is 2.44. The molecular weight excluding hydrogens is 274 g/mol. The lowest BCUT2D eigenvalue weighted by atomic mass is 9.84. The van der Waals surface area contributed by atoms with Crippen LogP contribution in [0.5, 0.6) is 0 Å². The van der Waals surface area contributed by atoms with Gasteiger partial charge in [-0.3, -0.25) is 4.79 Å². The van der Waals surface area contributed by atoms with Crippen LogP contribution in [-0.2, 0) is 5.41 Å². The predicted molar refractivity (Wildman–Crippen MR) is 89.5 cm³/mol. The molecule has 0 unspecified atom stereocenters. The summed E-state index contributed by atoms with van der Waals surface area (Å²) in [7, 11) is 0. The molecule has 1 N–H and O–H groups in total. The first-order valence-electron chi connectivity index (χ1n) is 7.55. The number of aromatic nitrogens is 2. The summed E-state index contributed by atoms with van der Waals surface area (Å²) < 4.78 is 1.84. The minimum absolute atomic E-state index is 0.0509. The molecule has 1 aromatic heterocycles. The van der Waals surface area contributed by atoms with Crippen LogP contribution in [0.2, 0.25) is 0 Å². The lowest BCUT2D eigenvalue weighted by Gasteiger charge is -2.25. The summed E-state index contributed by atoms with van der Waals surface area (Å²) in [6.07, 6.45) is 3.67. The molecule has 0 saturated heterocycles. The maximum absolute atomic E-state index is 12.4. The average Bonchev–Trinajstić information content (AvgIpc) is 2.88. The third-order valence-electron chi connectivity index (χ3n) is 3.31. The van der Waals surface area contributed by atoms with Crippen molar-refractivity contribution in [1.82, 2.24) is 15.1 Å². The van der Waals surface area contributed by atoms with Crippen molar-refractivity contribution in [2.45, 2.75) is 52.5 Å². The van der Waals surface area contributed by atoms with Crippen LogP contribution in [0.4, 0.5) is 0 Å². The first-order chi connectivity index (χ1) is 10.1. The number of carbonyl (C=O) groups is 1. The molecule has 0 saturated carbocycles. The van der Waals surface area contributed by atoms with Gasteiger partial charge in [0.15, 0.2) is 0 Å². The molecule has 0 aliphatic carbocycles. The van der Waals surface area contributed by atoms with Gasteiger partial charge in [0.1, 0.15) is 0 Å². The Morgan fingerprint density at radius 1 is 1.14 bits per heavy atom. The Morgan fingerprint density at radius 2 is 1.82 bits per heavy atom. The molecular formula is C18H25N3O. The zero-order valence-electron chi connectivity index (χ0n) is 14.3. The summed E-state index contributed by atoms with van der Waals surface area (Å²) >= 11 is 0. The fourth-order valence-corrected chi connectivity index (χ4v) is 2.30. The van der Waals surface area contributed by atoms with E-state index in [0.29, 0.717) is 5.56 Å². The van der Waals surface area contributed by atoms with E-state index in [1.54, 1.807) is 6.20 Å². The van der Waals surface area contributed by atoms with Gasteiger partial charge in [0.05, 0.1) is 5.69 Å². The Morgan fingerprint density at radius 3 is 2.32 bits per heavy atom. The lowest BCUT2D eigenvalue weighted by Crippen LogP contribution is -2.40. The van der Waals surface area contributed by atoms with Crippen LogP contribution in [0.1, 0.15) is 57.5 Å². The molecule has 0 aliphatic rings. The van der Waals surface area contributed by atoms with Gasteiger partial charge in [0, 0.05) is 23.5 Å². The van der Waals surface area contributed by atoms with Gasteiger partial charge < -0.3 is 5.32 Å². The van der Waals surface area contributed by atoms with E-state index in [-0.39, 0.29) is 16.9 Å². The normalized spacial score (nSPS) is 12.3. The van der Waals surface area contributed by atoms with Crippen LogP contribution in [0, 0.1) is 0 Å². The highest BCUT2D eigenvalue weighted by molar-refractivity contribution is 5.95. The van der Waals surface area contributed by atoms with E-state index < -0.39 is 0 Å². The van der Waals surface area contributed by atoms with Crippen LogP contribution in [0.15, 0.2) is 36.7 Å². The highest BCUT2D eigenvalue weighted by atomic mass is 16.1. The van der Waals surface area contributed by atoms with Gasteiger partial charge in [-0.1, -0.05) is 20.8 Å². The maximum atomic E-state index is 12.4. The molecule has 1 amide bonds. The Hall–Kier alpha value is -2.10. The van der Waals surface area contributed by atoms with Crippen molar-refractivity contribution in [3.8, 4) is 5.69 Å². The zero-order chi connectivity index (χ0) is 16.5. The largest absolute Gasteiger partial charge is 0.347 e. The Balaban J connectivity index is 2.47. The number of carbonyl (C=O) groups excluding carboxylic acids is 1. The molecule has 22 heavy (non-hydrogen) atoms. The van der Waals surface area contributed by atoms with E-state index in [1.807, 2.05) is 55.9 Å². The predicted octanol–water partition coefficient (Wildman–Crippen LogP) is 3.70. The van der Waals surface area contributed by atoms with E-state index in [1.165, 1.54) is 0 Å².